The summed E-state index contributed by atoms with van der Waals surface area (Å²) < 4.78 is 26.1. The predicted octanol–water partition coefficient (Wildman–Crippen LogP) is -0.0266. The van der Waals surface area contributed by atoms with Gasteiger partial charge in [0, 0.05) is 13.1 Å². The lowest BCUT2D eigenvalue weighted by Gasteiger charge is -2.27. The van der Waals surface area contributed by atoms with Gasteiger partial charge in [0.15, 0.2) is 0 Å². The van der Waals surface area contributed by atoms with Crippen LogP contribution in [0.4, 0.5) is 0 Å². The van der Waals surface area contributed by atoms with Crippen LogP contribution in [0, 0.1) is 0 Å². The molecular weight excluding hydrogens is 154 g/mol. The summed E-state index contributed by atoms with van der Waals surface area (Å²) >= 11 is 0. The van der Waals surface area contributed by atoms with Crippen molar-refractivity contribution in [1.29, 1.82) is 0 Å². The van der Waals surface area contributed by atoms with Crippen molar-refractivity contribution in [1.82, 2.24) is 5.06 Å². The third-order valence-corrected chi connectivity index (χ3v) is 2.53. The second-order valence-corrected chi connectivity index (χ2v) is 4.05. The second kappa shape index (κ2) is 2.86. The highest BCUT2D eigenvalue weighted by atomic mass is 32.2. The monoisotopic (exact) mass is 165 g/mol. The summed E-state index contributed by atoms with van der Waals surface area (Å²) in [7, 11) is -3.25. The molecule has 4 nitrogen and oxygen atoms in total. The number of nitrogens with zero attached hydrogens (tertiary/aromatic N) is 1. The van der Waals surface area contributed by atoms with E-state index in [1.165, 1.54) is 5.06 Å². The first-order valence-electron chi connectivity index (χ1n) is 3.31. The van der Waals surface area contributed by atoms with Gasteiger partial charge in [0.2, 0.25) is 0 Å². The van der Waals surface area contributed by atoms with Crippen molar-refractivity contribution in [2.24, 2.45) is 0 Å². The maximum atomic E-state index is 10.7. The molecule has 0 aromatic rings. The normalized spacial score (nSPS) is 20.5. The lowest BCUT2D eigenvalue weighted by atomic mass is 10.3. The maximum Gasteiger partial charge on any atom is 0.283 e. The molecule has 0 aromatic carbocycles. The highest BCUT2D eigenvalue weighted by Gasteiger charge is 2.20. The number of hydroxylamine groups is 2. The number of hydrogen-bond donors (Lipinski definition) is 0. The van der Waals surface area contributed by atoms with Crippen LogP contribution < -0.4 is 0 Å². The van der Waals surface area contributed by atoms with E-state index in [0.717, 1.165) is 19.5 Å². The average molecular weight is 165 g/mol. The van der Waals surface area contributed by atoms with Crippen LogP contribution in [0.15, 0.2) is 0 Å². The van der Waals surface area contributed by atoms with E-state index in [2.05, 4.69) is 4.28 Å². The van der Waals surface area contributed by atoms with Crippen LogP contribution in [-0.2, 0) is 14.4 Å². The molecule has 0 radical (unpaired) electrons. The van der Waals surface area contributed by atoms with Crippen LogP contribution in [0.5, 0.6) is 0 Å². The molecule has 60 valence electrons. The van der Waals surface area contributed by atoms with Gasteiger partial charge in [-0.05, 0) is 13.3 Å². The van der Waals surface area contributed by atoms with E-state index < -0.39 is 10.1 Å². The molecule has 1 rings (SSSR count). The van der Waals surface area contributed by atoms with Gasteiger partial charge in [-0.1, -0.05) is 0 Å². The van der Waals surface area contributed by atoms with Gasteiger partial charge < -0.3 is 0 Å². The fraction of sp³-hybridized carbons (Fsp3) is 1.00. The molecule has 1 heterocycles. The van der Waals surface area contributed by atoms with E-state index in [4.69, 9.17) is 0 Å². The molecule has 1 aliphatic rings. The molecule has 0 aliphatic carbocycles. The third kappa shape index (κ3) is 1.93. The topological polar surface area (TPSA) is 46.6 Å². The molecule has 0 saturated carbocycles. The van der Waals surface area contributed by atoms with Gasteiger partial charge in [0.25, 0.3) is 10.1 Å². The van der Waals surface area contributed by atoms with E-state index in [9.17, 15) is 8.42 Å². The Kier molecular flexibility index (Phi) is 2.28. The minimum absolute atomic E-state index is 0.0451. The zero-order chi connectivity index (χ0) is 7.61. The van der Waals surface area contributed by atoms with Crippen LogP contribution in [0.25, 0.3) is 0 Å². The first kappa shape index (κ1) is 7.97. The molecular formula is C5H11NO3S. The zero-order valence-corrected chi connectivity index (χ0v) is 6.73. The summed E-state index contributed by atoms with van der Waals surface area (Å²) in [5.41, 5.74) is 0. The molecule has 0 spiro atoms. The lowest BCUT2D eigenvalue weighted by Crippen LogP contribution is -2.39. The number of hydrogen-bond acceptors (Lipinski definition) is 4. The fourth-order valence-electron chi connectivity index (χ4n) is 0.575. The van der Waals surface area contributed by atoms with Crippen LogP contribution in [0.2, 0.25) is 0 Å². The molecule has 0 aromatic heterocycles. The Labute approximate surface area is 60.9 Å². The van der Waals surface area contributed by atoms with Crippen molar-refractivity contribution >= 4 is 10.1 Å². The highest BCUT2D eigenvalue weighted by Crippen LogP contribution is 2.09. The second-order valence-electron chi connectivity index (χ2n) is 2.20. The van der Waals surface area contributed by atoms with E-state index >= 15 is 0 Å². The van der Waals surface area contributed by atoms with Crippen LogP contribution in [0.1, 0.15) is 13.3 Å². The molecule has 0 bridgehead atoms. The predicted molar refractivity (Wildman–Crippen MR) is 36.7 cm³/mol. The number of rotatable bonds is 3. The van der Waals surface area contributed by atoms with E-state index in [1.807, 2.05) is 0 Å². The summed E-state index contributed by atoms with van der Waals surface area (Å²) in [5, 5.41) is 1.46. The minimum Gasteiger partial charge on any atom is -0.198 e. The van der Waals surface area contributed by atoms with Crippen molar-refractivity contribution in [3.63, 3.8) is 0 Å². The Morgan fingerprint density at radius 3 is 2.40 bits per heavy atom. The summed E-state index contributed by atoms with van der Waals surface area (Å²) in [4.78, 5) is 0. The largest absolute Gasteiger partial charge is 0.283 e. The third-order valence-electron chi connectivity index (χ3n) is 1.39. The fourth-order valence-corrected chi connectivity index (χ4v) is 1.15. The molecule has 1 saturated heterocycles. The Bertz CT molecular complexity index is 195. The molecule has 10 heavy (non-hydrogen) atoms. The standard InChI is InChI=1S/C5H11NO3S/c1-2-10(7,8)9-6-4-3-5-6/h2-5H2,1H3. The van der Waals surface area contributed by atoms with E-state index in [-0.39, 0.29) is 5.75 Å². The molecule has 0 amide bonds. The van der Waals surface area contributed by atoms with Crippen molar-refractivity contribution in [3.05, 3.63) is 0 Å². The first-order valence-corrected chi connectivity index (χ1v) is 4.89. The molecule has 1 fully saturated rings. The highest BCUT2D eigenvalue weighted by molar-refractivity contribution is 7.86. The van der Waals surface area contributed by atoms with Crippen LogP contribution in [0.3, 0.4) is 0 Å². The Morgan fingerprint density at radius 1 is 1.50 bits per heavy atom. The zero-order valence-electron chi connectivity index (χ0n) is 5.91. The molecule has 0 unspecified atom stereocenters. The Balaban J connectivity index is 2.36. The summed E-state index contributed by atoms with van der Waals surface area (Å²) in [6, 6.07) is 0. The maximum absolute atomic E-state index is 10.7. The minimum atomic E-state index is -3.25. The van der Waals surface area contributed by atoms with E-state index in [1.54, 1.807) is 6.92 Å². The van der Waals surface area contributed by atoms with Crippen LogP contribution in [-0.4, -0.2) is 32.3 Å². The van der Waals surface area contributed by atoms with Gasteiger partial charge in [-0.2, -0.15) is 17.8 Å². The molecule has 1 aliphatic heterocycles. The molecule has 0 N–H and O–H groups in total. The van der Waals surface area contributed by atoms with Crippen molar-refractivity contribution in [2.75, 3.05) is 18.8 Å². The quantitative estimate of drug-likeness (QED) is 0.589. The summed E-state index contributed by atoms with van der Waals surface area (Å²) in [6.45, 7) is 3.04. The SMILES string of the molecule is CCS(=O)(=O)ON1CCC1. The molecule has 0 atom stereocenters. The van der Waals surface area contributed by atoms with Gasteiger partial charge in [0.05, 0.1) is 5.75 Å². The van der Waals surface area contributed by atoms with Gasteiger partial charge in [0.1, 0.15) is 0 Å². The summed E-state index contributed by atoms with van der Waals surface area (Å²) in [5.74, 6) is 0.0451. The van der Waals surface area contributed by atoms with Gasteiger partial charge in [-0.15, -0.1) is 0 Å². The van der Waals surface area contributed by atoms with Gasteiger partial charge >= 0.3 is 0 Å². The Hall–Kier alpha value is -0.130. The van der Waals surface area contributed by atoms with Gasteiger partial charge in [-0.25, -0.2) is 0 Å². The van der Waals surface area contributed by atoms with Crippen molar-refractivity contribution in [2.45, 2.75) is 13.3 Å². The van der Waals surface area contributed by atoms with E-state index in [0.29, 0.717) is 0 Å². The first-order chi connectivity index (χ1) is 4.64. The van der Waals surface area contributed by atoms with Crippen molar-refractivity contribution in [3.8, 4) is 0 Å². The summed E-state index contributed by atoms with van der Waals surface area (Å²) in [6.07, 6.45) is 1.03. The Morgan fingerprint density at radius 2 is 2.10 bits per heavy atom. The molecule has 5 heteroatoms. The average Bonchev–Trinajstić information content (AvgIpc) is 1.80. The lowest BCUT2D eigenvalue weighted by molar-refractivity contribution is -0.101. The van der Waals surface area contributed by atoms with Gasteiger partial charge in [-0.3, -0.25) is 0 Å². The smallest absolute Gasteiger partial charge is 0.198 e. The van der Waals surface area contributed by atoms with Crippen LogP contribution >= 0.6 is 0 Å². The van der Waals surface area contributed by atoms with Crippen molar-refractivity contribution < 1.29 is 12.7 Å².